The van der Waals surface area contributed by atoms with Crippen molar-refractivity contribution in [3.05, 3.63) is 30.1 Å². The monoisotopic (exact) mass is 251 g/mol. The van der Waals surface area contributed by atoms with E-state index in [2.05, 4.69) is 30.8 Å². The maximum atomic E-state index is 5.71. The molecule has 3 nitrogen and oxygen atoms in total. The molecule has 2 N–H and O–H groups in total. The van der Waals surface area contributed by atoms with Gasteiger partial charge >= 0.3 is 0 Å². The minimum atomic E-state index is -0.0757. The van der Waals surface area contributed by atoms with Crippen molar-refractivity contribution in [2.75, 3.05) is 13.6 Å². The fourth-order valence-corrected chi connectivity index (χ4v) is 1.54. The number of hydrogen-bond donors (Lipinski definition) is 1. The van der Waals surface area contributed by atoms with Gasteiger partial charge in [-0.1, -0.05) is 32.1 Å². The third kappa shape index (κ3) is 4.79. The van der Waals surface area contributed by atoms with E-state index in [1.807, 2.05) is 24.4 Å². The molecular formula is C13H21N3S. The summed E-state index contributed by atoms with van der Waals surface area (Å²) in [7, 11) is 2.09. The van der Waals surface area contributed by atoms with Gasteiger partial charge in [0.15, 0.2) is 0 Å². The zero-order valence-corrected chi connectivity index (χ0v) is 11.6. The number of nitrogens with zero attached hydrogens (tertiary/aromatic N) is 2. The number of nitrogens with two attached hydrogens (primary N) is 1. The first kappa shape index (κ1) is 14.1. The summed E-state index contributed by atoms with van der Waals surface area (Å²) < 4.78 is 0. The molecule has 1 rings (SSSR count). The van der Waals surface area contributed by atoms with E-state index in [0.29, 0.717) is 4.99 Å². The van der Waals surface area contributed by atoms with Gasteiger partial charge in [-0.3, -0.25) is 4.98 Å². The second-order valence-electron chi connectivity index (χ2n) is 5.06. The Morgan fingerprint density at radius 3 is 2.71 bits per heavy atom. The lowest BCUT2D eigenvalue weighted by atomic mass is 9.89. The van der Waals surface area contributed by atoms with Crippen molar-refractivity contribution in [2.45, 2.75) is 26.8 Å². The highest BCUT2D eigenvalue weighted by molar-refractivity contribution is 7.80. The van der Waals surface area contributed by atoms with Crippen LogP contribution in [-0.4, -0.2) is 28.5 Å². The van der Waals surface area contributed by atoms with E-state index < -0.39 is 0 Å². The van der Waals surface area contributed by atoms with Gasteiger partial charge in [0.05, 0.1) is 10.7 Å². The van der Waals surface area contributed by atoms with E-state index in [1.165, 1.54) is 0 Å². The molecule has 0 aromatic carbocycles. The zero-order valence-electron chi connectivity index (χ0n) is 10.8. The second-order valence-corrected chi connectivity index (χ2v) is 5.50. The fourth-order valence-electron chi connectivity index (χ4n) is 1.44. The predicted molar refractivity (Wildman–Crippen MR) is 75.8 cm³/mol. The van der Waals surface area contributed by atoms with E-state index in [1.54, 1.807) is 0 Å². The van der Waals surface area contributed by atoms with Crippen LogP contribution in [0.5, 0.6) is 0 Å². The molecule has 0 saturated carbocycles. The normalized spacial score (nSPS) is 11.8. The molecule has 1 aromatic heterocycles. The van der Waals surface area contributed by atoms with Crippen LogP contribution in [0.2, 0.25) is 0 Å². The molecule has 94 valence electrons. The molecule has 0 amide bonds. The van der Waals surface area contributed by atoms with Gasteiger partial charge in [-0.05, 0) is 32.1 Å². The van der Waals surface area contributed by atoms with Crippen LogP contribution >= 0.6 is 12.2 Å². The Morgan fingerprint density at radius 2 is 2.18 bits per heavy atom. The van der Waals surface area contributed by atoms with Crippen LogP contribution < -0.4 is 5.73 Å². The van der Waals surface area contributed by atoms with E-state index in [4.69, 9.17) is 18.0 Å². The maximum absolute atomic E-state index is 5.71. The average molecular weight is 251 g/mol. The van der Waals surface area contributed by atoms with Crippen molar-refractivity contribution < 1.29 is 0 Å². The van der Waals surface area contributed by atoms with Crippen molar-refractivity contribution in [3.8, 4) is 0 Å². The minimum absolute atomic E-state index is 0.0757. The Labute approximate surface area is 109 Å². The lowest BCUT2D eigenvalue weighted by Crippen LogP contribution is -2.33. The van der Waals surface area contributed by atoms with Crippen LogP contribution in [0.3, 0.4) is 0 Å². The van der Waals surface area contributed by atoms with Gasteiger partial charge in [0.2, 0.25) is 0 Å². The van der Waals surface area contributed by atoms with Crippen molar-refractivity contribution in [2.24, 2.45) is 11.1 Å². The van der Waals surface area contributed by atoms with E-state index in [9.17, 15) is 0 Å². The molecule has 17 heavy (non-hydrogen) atoms. The van der Waals surface area contributed by atoms with Gasteiger partial charge in [0.25, 0.3) is 0 Å². The first-order chi connectivity index (χ1) is 7.92. The van der Waals surface area contributed by atoms with Crippen LogP contribution in [0.1, 0.15) is 26.0 Å². The highest BCUT2D eigenvalue weighted by Gasteiger charge is 2.21. The lowest BCUT2D eigenvalue weighted by Gasteiger charge is -2.26. The summed E-state index contributed by atoms with van der Waals surface area (Å²) in [6, 6.07) is 5.98. The molecule has 4 heteroatoms. The minimum Gasteiger partial charge on any atom is -0.393 e. The molecule has 1 aromatic rings. The Kier molecular flexibility index (Phi) is 5.02. The topological polar surface area (TPSA) is 42.1 Å². The Balaban J connectivity index is 2.41. The maximum Gasteiger partial charge on any atom is 0.0784 e. The molecular weight excluding hydrogens is 230 g/mol. The van der Waals surface area contributed by atoms with Gasteiger partial charge in [0.1, 0.15) is 0 Å². The third-order valence-electron chi connectivity index (χ3n) is 2.94. The summed E-state index contributed by atoms with van der Waals surface area (Å²) in [5.41, 5.74) is 6.72. The van der Waals surface area contributed by atoms with Crippen molar-refractivity contribution in [1.82, 2.24) is 9.88 Å². The summed E-state index contributed by atoms with van der Waals surface area (Å²) in [5.74, 6) is 0. The third-order valence-corrected chi connectivity index (χ3v) is 3.50. The Morgan fingerprint density at radius 1 is 1.47 bits per heavy atom. The van der Waals surface area contributed by atoms with E-state index >= 15 is 0 Å². The van der Waals surface area contributed by atoms with Crippen molar-refractivity contribution >= 4 is 17.2 Å². The summed E-state index contributed by atoms with van der Waals surface area (Å²) >= 11 is 5.06. The highest BCUT2D eigenvalue weighted by atomic mass is 32.1. The molecule has 0 aliphatic carbocycles. The molecule has 0 spiro atoms. The van der Waals surface area contributed by atoms with Gasteiger partial charge in [-0.15, -0.1) is 0 Å². The number of hydrogen-bond acceptors (Lipinski definition) is 3. The van der Waals surface area contributed by atoms with Gasteiger partial charge in [0, 0.05) is 18.2 Å². The first-order valence-corrected chi connectivity index (χ1v) is 6.21. The molecule has 0 atom stereocenters. The molecule has 0 fully saturated rings. The van der Waals surface area contributed by atoms with Crippen LogP contribution in [0.15, 0.2) is 24.4 Å². The molecule has 0 radical (unpaired) electrons. The predicted octanol–water partition coefficient (Wildman–Crippen LogP) is 2.22. The molecule has 0 unspecified atom stereocenters. The first-order valence-electron chi connectivity index (χ1n) is 5.80. The largest absolute Gasteiger partial charge is 0.393 e. The summed E-state index contributed by atoms with van der Waals surface area (Å²) in [4.78, 5) is 7.13. The summed E-state index contributed by atoms with van der Waals surface area (Å²) in [6.07, 6.45) is 2.79. The van der Waals surface area contributed by atoms with Crippen molar-refractivity contribution in [1.29, 1.82) is 0 Å². The van der Waals surface area contributed by atoms with Crippen LogP contribution in [0.4, 0.5) is 0 Å². The van der Waals surface area contributed by atoms with Gasteiger partial charge < -0.3 is 10.6 Å². The van der Waals surface area contributed by atoms with Crippen molar-refractivity contribution in [3.63, 3.8) is 0 Å². The quantitative estimate of drug-likeness (QED) is 0.787. The number of rotatable bonds is 6. The molecule has 0 aliphatic heterocycles. The molecule has 0 aliphatic rings. The number of aromatic nitrogens is 1. The lowest BCUT2D eigenvalue weighted by molar-refractivity contribution is 0.283. The number of pyridine rings is 1. The van der Waals surface area contributed by atoms with E-state index in [0.717, 1.165) is 25.2 Å². The fraction of sp³-hybridized carbons (Fsp3) is 0.538. The van der Waals surface area contributed by atoms with E-state index in [-0.39, 0.29) is 5.41 Å². The molecule has 0 saturated heterocycles. The molecule has 1 heterocycles. The Hall–Kier alpha value is -1.00. The van der Waals surface area contributed by atoms with Crippen LogP contribution in [0.25, 0.3) is 0 Å². The highest BCUT2D eigenvalue weighted by Crippen LogP contribution is 2.20. The average Bonchev–Trinajstić information content (AvgIpc) is 2.28. The zero-order chi connectivity index (χ0) is 12.9. The van der Waals surface area contributed by atoms with Crippen LogP contribution in [0, 0.1) is 5.41 Å². The standard InChI is InChI=1S/C13H21N3S/c1-13(2,12(14)17)7-9-16(3)10-11-6-4-5-8-15-11/h4-6,8H,7,9-10H2,1-3H3,(H2,14,17). The Bertz CT molecular complexity index is 362. The molecule has 0 bridgehead atoms. The van der Waals surface area contributed by atoms with Crippen LogP contribution in [-0.2, 0) is 6.54 Å². The van der Waals surface area contributed by atoms with Gasteiger partial charge in [-0.25, -0.2) is 0 Å². The summed E-state index contributed by atoms with van der Waals surface area (Å²) in [6.45, 7) is 5.99. The smallest absolute Gasteiger partial charge is 0.0784 e. The SMILES string of the molecule is CN(CCC(C)(C)C(N)=S)Cc1ccccn1. The number of thiocarbonyl (C=S) groups is 1. The summed E-state index contributed by atoms with van der Waals surface area (Å²) in [5, 5.41) is 0. The second kappa shape index (κ2) is 6.07. The van der Waals surface area contributed by atoms with Gasteiger partial charge in [-0.2, -0.15) is 0 Å².